The summed E-state index contributed by atoms with van der Waals surface area (Å²) in [7, 11) is 0. The lowest BCUT2D eigenvalue weighted by Crippen LogP contribution is -2.22. The topological polar surface area (TPSA) is 81.9 Å². The van der Waals surface area contributed by atoms with Crippen LogP contribution in [0.5, 0.6) is 5.75 Å². The van der Waals surface area contributed by atoms with E-state index >= 15 is 0 Å². The standard InChI is InChI=1S/C16H12F3N5O2/c17-16(18,19)13-3-1-2-4-14(13)21-15(25)9-26-12-7-5-11(6-8-12)24-10-20-22-23-24/h1-8,10H,9H2,(H,21,25). The monoisotopic (exact) mass is 363 g/mol. The highest BCUT2D eigenvalue weighted by molar-refractivity contribution is 5.92. The van der Waals surface area contributed by atoms with Crippen molar-refractivity contribution in [3.63, 3.8) is 0 Å². The van der Waals surface area contributed by atoms with Gasteiger partial charge in [0.15, 0.2) is 6.61 Å². The smallest absolute Gasteiger partial charge is 0.418 e. The highest BCUT2D eigenvalue weighted by atomic mass is 19.4. The molecular formula is C16H12F3N5O2. The van der Waals surface area contributed by atoms with Crippen LogP contribution in [0, 0.1) is 0 Å². The molecule has 1 aromatic heterocycles. The molecule has 0 saturated carbocycles. The minimum atomic E-state index is -4.56. The number of ether oxygens (including phenoxy) is 1. The number of tetrazole rings is 1. The van der Waals surface area contributed by atoms with Gasteiger partial charge in [0.25, 0.3) is 5.91 Å². The van der Waals surface area contributed by atoms with Gasteiger partial charge in [-0.15, -0.1) is 5.10 Å². The number of halogens is 3. The van der Waals surface area contributed by atoms with Crippen LogP contribution in [0.3, 0.4) is 0 Å². The highest BCUT2D eigenvalue weighted by Gasteiger charge is 2.33. The van der Waals surface area contributed by atoms with E-state index in [1.807, 2.05) is 0 Å². The van der Waals surface area contributed by atoms with E-state index in [9.17, 15) is 18.0 Å². The number of hydrogen-bond acceptors (Lipinski definition) is 5. The molecule has 0 atom stereocenters. The fourth-order valence-electron chi connectivity index (χ4n) is 2.15. The van der Waals surface area contributed by atoms with Crippen molar-refractivity contribution < 1.29 is 22.7 Å². The van der Waals surface area contributed by atoms with Crippen molar-refractivity contribution in [2.24, 2.45) is 0 Å². The quantitative estimate of drug-likeness (QED) is 0.754. The van der Waals surface area contributed by atoms with E-state index in [4.69, 9.17) is 4.74 Å². The molecule has 0 aliphatic carbocycles. The molecule has 1 heterocycles. The molecule has 0 spiro atoms. The Bertz CT molecular complexity index is 880. The first kappa shape index (κ1) is 17.4. The number of benzene rings is 2. The third kappa shape index (κ3) is 4.15. The molecule has 0 fully saturated rings. The van der Waals surface area contributed by atoms with Gasteiger partial charge in [-0.05, 0) is 46.8 Å². The zero-order chi connectivity index (χ0) is 18.6. The number of nitrogens with one attached hydrogen (secondary N) is 1. The van der Waals surface area contributed by atoms with Gasteiger partial charge in [0.05, 0.1) is 16.9 Å². The Hall–Kier alpha value is -3.43. The second kappa shape index (κ2) is 7.21. The Morgan fingerprint density at radius 3 is 2.50 bits per heavy atom. The van der Waals surface area contributed by atoms with Gasteiger partial charge in [-0.2, -0.15) is 13.2 Å². The number of amides is 1. The lowest BCUT2D eigenvalue weighted by molar-refractivity contribution is -0.137. The summed E-state index contributed by atoms with van der Waals surface area (Å²) in [6.07, 6.45) is -3.14. The van der Waals surface area contributed by atoms with Gasteiger partial charge in [0, 0.05) is 0 Å². The van der Waals surface area contributed by atoms with E-state index in [0.29, 0.717) is 11.4 Å². The summed E-state index contributed by atoms with van der Waals surface area (Å²) in [6.45, 7) is -0.434. The molecule has 10 heteroatoms. The predicted molar refractivity (Wildman–Crippen MR) is 84.7 cm³/mol. The van der Waals surface area contributed by atoms with Gasteiger partial charge in [0.2, 0.25) is 0 Å². The fraction of sp³-hybridized carbons (Fsp3) is 0.125. The molecule has 1 N–H and O–H groups in total. The van der Waals surface area contributed by atoms with Crippen molar-refractivity contribution in [3.8, 4) is 11.4 Å². The van der Waals surface area contributed by atoms with E-state index in [1.165, 1.54) is 29.2 Å². The second-order valence-electron chi connectivity index (χ2n) is 5.13. The van der Waals surface area contributed by atoms with Crippen molar-refractivity contribution in [3.05, 3.63) is 60.4 Å². The normalized spacial score (nSPS) is 11.2. The van der Waals surface area contributed by atoms with Crippen LogP contribution < -0.4 is 10.1 Å². The number of para-hydroxylation sites is 1. The van der Waals surface area contributed by atoms with E-state index in [-0.39, 0.29) is 5.69 Å². The molecule has 0 aliphatic heterocycles. The van der Waals surface area contributed by atoms with Gasteiger partial charge < -0.3 is 10.1 Å². The van der Waals surface area contributed by atoms with Crippen molar-refractivity contribution in [2.75, 3.05) is 11.9 Å². The van der Waals surface area contributed by atoms with Crippen LogP contribution >= 0.6 is 0 Å². The van der Waals surface area contributed by atoms with Crippen molar-refractivity contribution in [2.45, 2.75) is 6.18 Å². The molecule has 1 amide bonds. The van der Waals surface area contributed by atoms with Crippen molar-refractivity contribution in [1.82, 2.24) is 20.2 Å². The summed E-state index contributed by atoms with van der Waals surface area (Å²) in [5.74, 6) is -0.327. The van der Waals surface area contributed by atoms with Gasteiger partial charge in [-0.25, -0.2) is 4.68 Å². The van der Waals surface area contributed by atoms with E-state index in [0.717, 1.165) is 6.07 Å². The SMILES string of the molecule is O=C(COc1ccc(-n2cnnn2)cc1)Nc1ccccc1C(F)(F)F. The first-order valence-corrected chi connectivity index (χ1v) is 7.36. The molecule has 0 unspecified atom stereocenters. The highest BCUT2D eigenvalue weighted by Crippen LogP contribution is 2.34. The number of carbonyl (C=O) groups is 1. The van der Waals surface area contributed by atoms with Crippen LogP contribution in [0.25, 0.3) is 5.69 Å². The van der Waals surface area contributed by atoms with Crippen LogP contribution in [-0.2, 0) is 11.0 Å². The Morgan fingerprint density at radius 1 is 1.12 bits per heavy atom. The van der Waals surface area contributed by atoms with Crippen LogP contribution in [0.4, 0.5) is 18.9 Å². The Kier molecular flexibility index (Phi) is 4.83. The third-order valence-corrected chi connectivity index (χ3v) is 3.33. The number of rotatable bonds is 5. The molecule has 0 radical (unpaired) electrons. The average molecular weight is 363 g/mol. The van der Waals surface area contributed by atoms with Gasteiger partial charge >= 0.3 is 6.18 Å². The molecule has 2 aromatic carbocycles. The van der Waals surface area contributed by atoms with E-state index < -0.39 is 24.3 Å². The van der Waals surface area contributed by atoms with Gasteiger partial charge in [-0.1, -0.05) is 12.1 Å². The Balaban J connectivity index is 1.60. The summed E-state index contributed by atoms with van der Waals surface area (Å²) in [4.78, 5) is 11.9. The first-order chi connectivity index (χ1) is 12.4. The number of aromatic nitrogens is 4. The molecule has 0 bridgehead atoms. The molecule has 3 rings (SSSR count). The zero-order valence-corrected chi connectivity index (χ0v) is 13.1. The number of nitrogens with zero attached hydrogens (tertiary/aromatic N) is 4. The Morgan fingerprint density at radius 2 is 1.85 bits per heavy atom. The number of alkyl halides is 3. The fourth-order valence-corrected chi connectivity index (χ4v) is 2.15. The lowest BCUT2D eigenvalue weighted by atomic mass is 10.1. The maximum atomic E-state index is 12.9. The molecule has 0 saturated heterocycles. The molecule has 7 nitrogen and oxygen atoms in total. The van der Waals surface area contributed by atoms with Crippen LogP contribution in [-0.4, -0.2) is 32.7 Å². The summed E-state index contributed by atoms with van der Waals surface area (Å²) < 4.78 is 45.4. The molecule has 134 valence electrons. The maximum Gasteiger partial charge on any atom is 0.418 e. The van der Waals surface area contributed by atoms with Gasteiger partial charge in [0.1, 0.15) is 12.1 Å². The predicted octanol–water partition coefficient (Wildman–Crippen LogP) is 2.70. The molecule has 3 aromatic rings. The van der Waals surface area contributed by atoms with E-state index in [2.05, 4.69) is 20.8 Å². The second-order valence-corrected chi connectivity index (χ2v) is 5.13. The minimum absolute atomic E-state index is 0.317. The maximum absolute atomic E-state index is 12.9. The van der Waals surface area contributed by atoms with Crippen molar-refractivity contribution in [1.29, 1.82) is 0 Å². The van der Waals surface area contributed by atoms with Gasteiger partial charge in [-0.3, -0.25) is 4.79 Å². The molecule has 0 aliphatic rings. The first-order valence-electron chi connectivity index (χ1n) is 7.36. The summed E-state index contributed by atoms with van der Waals surface area (Å²) in [5.41, 5.74) is -0.548. The number of carbonyl (C=O) groups excluding carboxylic acids is 1. The summed E-state index contributed by atoms with van der Waals surface area (Å²) in [6, 6.07) is 11.3. The average Bonchev–Trinajstić information content (AvgIpc) is 3.15. The largest absolute Gasteiger partial charge is 0.484 e. The third-order valence-electron chi connectivity index (χ3n) is 3.33. The molecular weight excluding hydrogens is 351 g/mol. The summed E-state index contributed by atoms with van der Waals surface area (Å²) in [5, 5.41) is 13.0. The minimum Gasteiger partial charge on any atom is -0.484 e. The molecule has 26 heavy (non-hydrogen) atoms. The van der Waals surface area contributed by atoms with Crippen LogP contribution in [0.1, 0.15) is 5.56 Å². The van der Waals surface area contributed by atoms with Crippen LogP contribution in [0.15, 0.2) is 54.9 Å². The zero-order valence-electron chi connectivity index (χ0n) is 13.1. The number of anilines is 1. The van der Waals surface area contributed by atoms with Crippen LogP contribution in [0.2, 0.25) is 0 Å². The van der Waals surface area contributed by atoms with Crippen molar-refractivity contribution >= 4 is 11.6 Å². The van der Waals surface area contributed by atoms with E-state index in [1.54, 1.807) is 24.3 Å². The number of hydrogen-bond donors (Lipinski definition) is 1. The summed E-state index contributed by atoms with van der Waals surface area (Å²) >= 11 is 0. The Labute approximate surface area is 145 Å². The lowest BCUT2D eigenvalue weighted by Gasteiger charge is -2.13.